The standard InChI is InChI=1S/C50H96N2O9P/c1-9-11-13-15-17-19-21-23-24-26-28-30-32-34-36-38-48(54)61-46(43-58-47(53)37-35-33-31-29-27-25-22-20-18-16-14-12-10-2)44-60-62(56,57)59-40-39-52(7,8)45-41-49(3,4)51(55)50(5,6)42-45/h23-24,45-46H,9-22,25-44H2,1-8H3/b24-23+. The molecule has 1 aliphatic heterocycles. The summed E-state index contributed by atoms with van der Waals surface area (Å²) in [6.07, 6.45) is 36.0. The molecule has 365 valence electrons. The highest BCUT2D eigenvalue weighted by atomic mass is 31.2. The highest BCUT2D eigenvalue weighted by Gasteiger charge is 2.50. The van der Waals surface area contributed by atoms with Crippen molar-refractivity contribution >= 4 is 19.8 Å². The van der Waals surface area contributed by atoms with E-state index in [9.17, 15) is 24.3 Å². The number of piperidine rings is 1. The van der Waals surface area contributed by atoms with Crippen molar-refractivity contribution in [3.05, 3.63) is 12.2 Å². The van der Waals surface area contributed by atoms with Crippen LogP contribution in [-0.2, 0) is 37.9 Å². The van der Waals surface area contributed by atoms with Gasteiger partial charge in [-0.1, -0.05) is 154 Å². The SMILES string of the molecule is CCCCCCCC/C=C/CCCCCCCC(=O)OC(COC(=O)CCCCCCCCCCCCCCC)COP(=O)([O-])OCC[N+](C)(C)C1CC(C)(C)N([O])C(C)(C)C1. The maximum atomic E-state index is 12.9. The molecule has 0 bridgehead atoms. The normalized spacial score (nSPS) is 17.3. The minimum absolute atomic E-state index is 0.111. The van der Waals surface area contributed by atoms with E-state index in [0.29, 0.717) is 30.3 Å². The van der Waals surface area contributed by atoms with E-state index in [-0.39, 0.29) is 32.1 Å². The average Bonchev–Trinajstić information content (AvgIpc) is 3.20. The third-order valence-corrected chi connectivity index (χ3v) is 13.7. The van der Waals surface area contributed by atoms with Crippen LogP contribution in [0, 0.1) is 0 Å². The zero-order valence-electron chi connectivity index (χ0n) is 41.4. The monoisotopic (exact) mass is 900 g/mol. The van der Waals surface area contributed by atoms with Gasteiger partial charge in [-0.2, -0.15) is 0 Å². The fourth-order valence-corrected chi connectivity index (χ4v) is 9.46. The maximum Gasteiger partial charge on any atom is 0.306 e. The van der Waals surface area contributed by atoms with Gasteiger partial charge in [-0.25, -0.2) is 0 Å². The van der Waals surface area contributed by atoms with Gasteiger partial charge in [0.1, 0.15) is 19.8 Å². The van der Waals surface area contributed by atoms with Crippen LogP contribution in [0.4, 0.5) is 0 Å². The largest absolute Gasteiger partial charge is 0.756 e. The van der Waals surface area contributed by atoms with E-state index < -0.39 is 43.6 Å². The number of hydrogen-bond donors (Lipinski definition) is 0. The second-order valence-corrected chi connectivity index (χ2v) is 21.6. The van der Waals surface area contributed by atoms with Gasteiger partial charge in [0.15, 0.2) is 6.10 Å². The molecule has 0 amide bonds. The fraction of sp³-hybridized carbons (Fsp3) is 0.920. The van der Waals surface area contributed by atoms with Crippen molar-refractivity contribution in [1.82, 2.24) is 5.06 Å². The summed E-state index contributed by atoms with van der Waals surface area (Å²) in [7, 11) is -0.731. The first-order valence-corrected chi connectivity index (χ1v) is 26.8. The third-order valence-electron chi connectivity index (χ3n) is 12.7. The summed E-state index contributed by atoms with van der Waals surface area (Å²) in [5.41, 5.74) is -1.10. The number of allylic oxidation sites excluding steroid dienone is 2. The van der Waals surface area contributed by atoms with Gasteiger partial charge >= 0.3 is 11.9 Å². The number of quaternary nitrogens is 1. The Morgan fingerprint density at radius 2 is 1.05 bits per heavy atom. The highest BCUT2D eigenvalue weighted by Crippen LogP contribution is 2.42. The Morgan fingerprint density at radius 1 is 0.645 bits per heavy atom. The number of esters is 2. The van der Waals surface area contributed by atoms with Crippen LogP contribution in [0.2, 0.25) is 0 Å². The van der Waals surface area contributed by atoms with Crippen molar-refractivity contribution < 1.29 is 47.3 Å². The fourth-order valence-electron chi connectivity index (χ4n) is 8.73. The molecule has 0 spiro atoms. The molecule has 11 nitrogen and oxygen atoms in total. The number of rotatable bonds is 40. The predicted molar refractivity (Wildman–Crippen MR) is 251 cm³/mol. The van der Waals surface area contributed by atoms with Gasteiger partial charge in [-0.15, -0.1) is 10.3 Å². The van der Waals surface area contributed by atoms with Gasteiger partial charge in [-0.3, -0.25) is 14.2 Å². The number of carbonyl (C=O) groups is 2. The maximum absolute atomic E-state index is 12.9. The molecule has 0 aromatic carbocycles. The number of nitrogens with zero attached hydrogens (tertiary/aromatic N) is 2. The summed E-state index contributed by atoms with van der Waals surface area (Å²) in [6.45, 7) is 11.8. The first-order valence-electron chi connectivity index (χ1n) is 25.4. The van der Waals surface area contributed by atoms with Crippen LogP contribution in [0.25, 0.3) is 0 Å². The van der Waals surface area contributed by atoms with Crippen LogP contribution in [0.3, 0.4) is 0 Å². The molecule has 1 radical (unpaired) electrons. The molecule has 0 aliphatic carbocycles. The molecule has 1 saturated heterocycles. The van der Waals surface area contributed by atoms with E-state index in [1.807, 2.05) is 41.8 Å². The van der Waals surface area contributed by atoms with Crippen molar-refractivity contribution in [2.45, 2.75) is 257 Å². The first kappa shape index (κ1) is 58.7. The number of hydrogen-bond acceptors (Lipinski definition) is 9. The Balaban J connectivity index is 2.53. The topological polar surface area (TPSA) is 134 Å². The molecule has 0 aromatic heterocycles. The third kappa shape index (κ3) is 29.3. The molecule has 1 aliphatic rings. The zero-order chi connectivity index (χ0) is 46.2. The van der Waals surface area contributed by atoms with Crippen LogP contribution in [-0.4, -0.2) is 85.2 Å². The second-order valence-electron chi connectivity index (χ2n) is 20.2. The molecule has 2 atom stereocenters. The van der Waals surface area contributed by atoms with Gasteiger partial charge in [0.25, 0.3) is 7.82 Å². The summed E-state index contributed by atoms with van der Waals surface area (Å²) < 4.78 is 35.0. The van der Waals surface area contributed by atoms with E-state index in [1.165, 1.54) is 108 Å². The van der Waals surface area contributed by atoms with E-state index in [4.69, 9.17) is 18.5 Å². The van der Waals surface area contributed by atoms with Gasteiger partial charge in [0.05, 0.1) is 26.7 Å². The molecule has 12 heteroatoms. The molecule has 1 heterocycles. The molecule has 0 saturated carbocycles. The van der Waals surface area contributed by atoms with Crippen molar-refractivity contribution in [3.63, 3.8) is 0 Å². The van der Waals surface area contributed by atoms with Crippen molar-refractivity contribution in [2.24, 2.45) is 0 Å². The lowest BCUT2D eigenvalue weighted by Gasteiger charge is -2.53. The zero-order valence-corrected chi connectivity index (χ0v) is 42.3. The lowest BCUT2D eigenvalue weighted by atomic mass is 9.77. The number of phosphoric acid groups is 1. The van der Waals surface area contributed by atoms with Gasteiger partial charge in [-0.05, 0) is 66.2 Å². The molecule has 0 aromatic rings. The molecule has 1 fully saturated rings. The van der Waals surface area contributed by atoms with E-state index in [1.54, 1.807) is 0 Å². The summed E-state index contributed by atoms with van der Waals surface area (Å²) in [4.78, 5) is 38.5. The summed E-state index contributed by atoms with van der Waals surface area (Å²) in [6, 6.07) is 0.126. The van der Waals surface area contributed by atoms with Gasteiger partial charge in [0.2, 0.25) is 0 Å². The van der Waals surface area contributed by atoms with E-state index >= 15 is 0 Å². The van der Waals surface area contributed by atoms with Gasteiger partial charge < -0.3 is 27.9 Å². The minimum Gasteiger partial charge on any atom is -0.756 e. The Morgan fingerprint density at radius 3 is 1.50 bits per heavy atom. The number of phosphoric ester groups is 1. The number of unbranched alkanes of at least 4 members (excludes halogenated alkanes) is 23. The van der Waals surface area contributed by atoms with E-state index in [2.05, 4.69) is 26.0 Å². The molecule has 1 rings (SSSR count). The van der Waals surface area contributed by atoms with Crippen LogP contribution < -0.4 is 4.89 Å². The summed E-state index contributed by atoms with van der Waals surface area (Å²) in [5.74, 6) is -0.874. The molecular formula is C50H96N2O9P. The van der Waals surface area contributed by atoms with Gasteiger partial charge in [0, 0.05) is 36.8 Å². The quantitative estimate of drug-likeness (QED) is 0.0194. The summed E-state index contributed by atoms with van der Waals surface area (Å²) in [5, 5.41) is 14.1. The number of ether oxygens (including phenoxy) is 2. The number of hydroxylamine groups is 2. The molecule has 2 unspecified atom stereocenters. The lowest BCUT2D eigenvalue weighted by molar-refractivity contribution is -0.918. The first-order chi connectivity index (χ1) is 29.5. The van der Waals surface area contributed by atoms with Crippen LogP contribution >= 0.6 is 7.82 Å². The number of likely N-dealkylation sites (N-methyl/N-ethyl adjacent to an activating group) is 1. The second kappa shape index (κ2) is 34.0. The Hall–Kier alpha value is -1.33. The van der Waals surface area contributed by atoms with Crippen LogP contribution in [0.1, 0.15) is 234 Å². The van der Waals surface area contributed by atoms with Crippen LogP contribution in [0.15, 0.2) is 12.2 Å². The smallest absolute Gasteiger partial charge is 0.306 e. The summed E-state index contributed by atoms with van der Waals surface area (Å²) >= 11 is 0. The van der Waals surface area contributed by atoms with Crippen LogP contribution in [0.5, 0.6) is 0 Å². The average molecular weight is 900 g/mol. The molecular weight excluding hydrogens is 804 g/mol. The Labute approximate surface area is 381 Å². The van der Waals surface area contributed by atoms with Crippen molar-refractivity contribution in [3.8, 4) is 0 Å². The number of carbonyl (C=O) groups excluding carboxylic acids is 2. The minimum atomic E-state index is -4.78. The Kier molecular flexibility index (Phi) is 32.2. The molecule has 62 heavy (non-hydrogen) atoms. The van der Waals surface area contributed by atoms with Crippen molar-refractivity contribution in [1.29, 1.82) is 0 Å². The lowest BCUT2D eigenvalue weighted by Crippen LogP contribution is -2.66. The van der Waals surface area contributed by atoms with Crippen molar-refractivity contribution in [2.75, 3.05) is 40.5 Å². The highest BCUT2D eigenvalue weighted by molar-refractivity contribution is 7.45. The molecule has 0 N–H and O–H groups in total. The Bertz CT molecular complexity index is 1210. The van der Waals surface area contributed by atoms with E-state index in [0.717, 1.165) is 57.8 Å². The predicted octanol–water partition coefficient (Wildman–Crippen LogP) is 12.9.